The molecule has 0 spiro atoms. The maximum atomic E-state index is 11.9. The second-order valence-corrected chi connectivity index (χ2v) is 5.07. The zero-order valence-corrected chi connectivity index (χ0v) is 12.3. The van der Waals surface area contributed by atoms with Gasteiger partial charge >= 0.3 is 5.69 Å². The summed E-state index contributed by atoms with van der Waals surface area (Å²) >= 11 is 0. The first-order valence-corrected chi connectivity index (χ1v) is 7.00. The van der Waals surface area contributed by atoms with Gasteiger partial charge < -0.3 is 5.32 Å². The minimum atomic E-state index is -0.0816. The molecule has 2 rings (SSSR count). The van der Waals surface area contributed by atoms with Crippen LogP contribution in [0.4, 0.5) is 0 Å². The van der Waals surface area contributed by atoms with E-state index in [-0.39, 0.29) is 11.7 Å². The Kier molecular flexibility index (Phi) is 4.74. The Hall–Kier alpha value is -1.88. The highest BCUT2D eigenvalue weighted by molar-refractivity contribution is 5.28. The molecule has 0 radical (unpaired) electrons. The normalized spacial score (nSPS) is 12.6. The molecule has 20 heavy (non-hydrogen) atoms. The lowest BCUT2D eigenvalue weighted by atomic mass is 10.0. The molecule has 0 amide bonds. The zero-order valence-electron chi connectivity index (χ0n) is 12.3. The molecule has 0 bridgehead atoms. The van der Waals surface area contributed by atoms with Crippen LogP contribution >= 0.6 is 0 Å². The average Bonchev–Trinajstić information content (AvgIpc) is 2.76. The van der Waals surface area contributed by atoms with Crippen LogP contribution in [-0.4, -0.2) is 20.9 Å². The smallest absolute Gasteiger partial charge is 0.308 e. The molecule has 0 fully saturated rings. The number of benzene rings is 1. The third-order valence-corrected chi connectivity index (χ3v) is 3.45. The maximum Gasteiger partial charge on any atom is 0.345 e. The van der Waals surface area contributed by atoms with E-state index in [0.29, 0.717) is 6.54 Å². The third-order valence-electron chi connectivity index (χ3n) is 3.45. The van der Waals surface area contributed by atoms with Crippen LogP contribution < -0.4 is 11.0 Å². The van der Waals surface area contributed by atoms with Crippen molar-refractivity contribution in [3.05, 3.63) is 52.2 Å². The van der Waals surface area contributed by atoms with Crippen molar-refractivity contribution in [3.8, 4) is 0 Å². The van der Waals surface area contributed by atoms with Gasteiger partial charge in [0.1, 0.15) is 6.33 Å². The van der Waals surface area contributed by atoms with E-state index in [1.807, 2.05) is 12.1 Å². The molecule has 5 nitrogen and oxygen atoms in total. The molecule has 0 saturated heterocycles. The lowest BCUT2D eigenvalue weighted by Gasteiger charge is -2.20. The zero-order chi connectivity index (χ0) is 14.5. The van der Waals surface area contributed by atoms with E-state index in [2.05, 4.69) is 36.4 Å². The fourth-order valence-corrected chi connectivity index (χ4v) is 2.29. The summed E-state index contributed by atoms with van der Waals surface area (Å²) in [7, 11) is 1.72. The highest BCUT2D eigenvalue weighted by atomic mass is 16.2. The summed E-state index contributed by atoms with van der Waals surface area (Å²) < 4.78 is 3.01. The molecule has 108 valence electrons. The van der Waals surface area contributed by atoms with Gasteiger partial charge in [0, 0.05) is 7.05 Å². The Morgan fingerprint density at radius 3 is 2.70 bits per heavy atom. The van der Waals surface area contributed by atoms with Gasteiger partial charge in [-0.15, -0.1) is 0 Å². The second-order valence-electron chi connectivity index (χ2n) is 5.07. The van der Waals surface area contributed by atoms with E-state index in [1.165, 1.54) is 20.4 Å². The molecule has 1 aromatic heterocycles. The highest BCUT2D eigenvalue weighted by Gasteiger charge is 2.15. The standard InChI is InChI=1S/C15H22N4O/c1-4-9-16-14(13-8-6-5-7-12(13)2)10-19-15(20)18(3)11-17-19/h5-8,11,14,16H,4,9-10H2,1-3H3. The van der Waals surface area contributed by atoms with Crippen molar-refractivity contribution in [2.24, 2.45) is 7.05 Å². The Labute approximate surface area is 119 Å². The first-order chi connectivity index (χ1) is 9.63. The fourth-order valence-electron chi connectivity index (χ4n) is 2.29. The Morgan fingerprint density at radius 1 is 1.35 bits per heavy atom. The van der Waals surface area contributed by atoms with Crippen molar-refractivity contribution in [1.82, 2.24) is 19.7 Å². The number of nitrogens with one attached hydrogen (secondary N) is 1. The average molecular weight is 274 g/mol. The molecular weight excluding hydrogens is 252 g/mol. The summed E-state index contributed by atoms with van der Waals surface area (Å²) in [6, 6.07) is 8.37. The van der Waals surface area contributed by atoms with Crippen molar-refractivity contribution in [3.63, 3.8) is 0 Å². The van der Waals surface area contributed by atoms with E-state index in [9.17, 15) is 4.79 Å². The van der Waals surface area contributed by atoms with E-state index >= 15 is 0 Å². The Morgan fingerprint density at radius 2 is 2.10 bits per heavy atom. The molecule has 1 unspecified atom stereocenters. The molecule has 5 heteroatoms. The van der Waals surface area contributed by atoms with E-state index in [4.69, 9.17) is 0 Å². The third kappa shape index (κ3) is 3.17. The van der Waals surface area contributed by atoms with Gasteiger partial charge in [-0.2, -0.15) is 5.10 Å². The van der Waals surface area contributed by atoms with Gasteiger partial charge in [0.05, 0.1) is 12.6 Å². The predicted octanol–water partition coefficient (Wildman–Crippen LogP) is 1.63. The number of aromatic nitrogens is 3. The van der Waals surface area contributed by atoms with Gasteiger partial charge in [-0.25, -0.2) is 9.48 Å². The van der Waals surface area contributed by atoms with Crippen LogP contribution in [0.2, 0.25) is 0 Å². The Bertz CT molecular complexity index is 614. The van der Waals surface area contributed by atoms with Gasteiger partial charge in [-0.1, -0.05) is 31.2 Å². The molecule has 1 N–H and O–H groups in total. The van der Waals surface area contributed by atoms with Crippen LogP contribution in [0.15, 0.2) is 35.4 Å². The molecular formula is C15H22N4O. The maximum absolute atomic E-state index is 11.9. The number of hydrogen-bond donors (Lipinski definition) is 1. The number of rotatable bonds is 6. The van der Waals surface area contributed by atoms with E-state index in [1.54, 1.807) is 13.4 Å². The first-order valence-electron chi connectivity index (χ1n) is 7.00. The van der Waals surface area contributed by atoms with Crippen LogP contribution in [0.5, 0.6) is 0 Å². The van der Waals surface area contributed by atoms with Crippen LogP contribution in [0, 0.1) is 6.92 Å². The minimum Gasteiger partial charge on any atom is -0.308 e. The van der Waals surface area contributed by atoms with Crippen molar-refractivity contribution in [1.29, 1.82) is 0 Å². The predicted molar refractivity (Wildman–Crippen MR) is 79.7 cm³/mol. The van der Waals surface area contributed by atoms with Crippen LogP contribution in [0.3, 0.4) is 0 Å². The second kappa shape index (κ2) is 6.52. The SMILES string of the molecule is CCCNC(Cn1ncn(C)c1=O)c1ccccc1C. The summed E-state index contributed by atoms with van der Waals surface area (Å²) in [5.41, 5.74) is 2.37. The molecule has 1 aromatic carbocycles. The molecule has 1 heterocycles. The van der Waals surface area contributed by atoms with Crippen molar-refractivity contribution < 1.29 is 0 Å². The number of nitrogens with zero attached hydrogens (tertiary/aromatic N) is 3. The van der Waals surface area contributed by atoms with Gasteiger partial charge in [0.25, 0.3) is 0 Å². The summed E-state index contributed by atoms with van der Waals surface area (Å²) in [6.07, 6.45) is 2.61. The van der Waals surface area contributed by atoms with Crippen LogP contribution in [-0.2, 0) is 13.6 Å². The highest BCUT2D eigenvalue weighted by Crippen LogP contribution is 2.18. The monoisotopic (exact) mass is 274 g/mol. The number of aryl methyl sites for hydroxylation is 2. The Balaban J connectivity index is 2.26. The molecule has 0 aliphatic heterocycles. The van der Waals surface area contributed by atoms with Crippen molar-refractivity contribution >= 4 is 0 Å². The quantitative estimate of drug-likeness (QED) is 0.871. The lowest BCUT2D eigenvalue weighted by Crippen LogP contribution is -2.32. The largest absolute Gasteiger partial charge is 0.345 e. The van der Waals surface area contributed by atoms with Crippen LogP contribution in [0.1, 0.15) is 30.5 Å². The molecule has 0 aliphatic carbocycles. The molecule has 2 aromatic rings. The minimum absolute atomic E-state index is 0.0816. The van der Waals surface area contributed by atoms with Crippen molar-refractivity contribution in [2.45, 2.75) is 32.9 Å². The van der Waals surface area contributed by atoms with Gasteiger partial charge in [-0.3, -0.25) is 4.57 Å². The molecule has 0 saturated carbocycles. The first kappa shape index (κ1) is 14.5. The summed E-state index contributed by atoms with van der Waals surface area (Å²) in [6.45, 7) is 5.69. The summed E-state index contributed by atoms with van der Waals surface area (Å²) in [5.74, 6) is 0. The van der Waals surface area contributed by atoms with Crippen molar-refractivity contribution in [2.75, 3.05) is 6.54 Å². The fraction of sp³-hybridized carbons (Fsp3) is 0.467. The van der Waals surface area contributed by atoms with E-state index in [0.717, 1.165) is 13.0 Å². The molecule has 0 aliphatic rings. The number of hydrogen-bond acceptors (Lipinski definition) is 3. The molecule has 1 atom stereocenters. The topological polar surface area (TPSA) is 51.9 Å². The summed E-state index contributed by atoms with van der Waals surface area (Å²) in [4.78, 5) is 11.9. The van der Waals surface area contributed by atoms with E-state index < -0.39 is 0 Å². The van der Waals surface area contributed by atoms with Crippen LogP contribution in [0.25, 0.3) is 0 Å². The van der Waals surface area contributed by atoms with Gasteiger partial charge in [-0.05, 0) is 31.0 Å². The van der Waals surface area contributed by atoms with Gasteiger partial charge in [0.2, 0.25) is 0 Å². The summed E-state index contributed by atoms with van der Waals surface area (Å²) in [5, 5.41) is 7.65. The van der Waals surface area contributed by atoms with Gasteiger partial charge in [0.15, 0.2) is 0 Å². The lowest BCUT2D eigenvalue weighted by molar-refractivity contribution is 0.428.